The van der Waals surface area contributed by atoms with Crippen LogP contribution in [0.2, 0.25) is 0 Å². The minimum atomic E-state index is -4.34. The number of benzene rings is 3. The Balaban J connectivity index is 1.75. The average molecular weight is 395 g/mol. The molecule has 0 saturated carbocycles. The van der Waals surface area contributed by atoms with Crippen LogP contribution in [0.25, 0.3) is 11.1 Å². The van der Waals surface area contributed by atoms with Crippen LogP contribution in [0.1, 0.15) is 5.56 Å². The van der Waals surface area contributed by atoms with Crippen LogP contribution < -0.4 is 5.32 Å². The fraction of sp³-hybridized carbons (Fsp3) is 0.136. The normalized spacial score (nSPS) is 12.4. The number of carbonyl (C=O) groups is 1. The van der Waals surface area contributed by atoms with Gasteiger partial charge >= 0.3 is 7.60 Å². The molecule has 0 unspecified atom stereocenters. The summed E-state index contributed by atoms with van der Waals surface area (Å²) in [5, 5.41) is 2.74. The molecular formula is C22H22NO4P. The van der Waals surface area contributed by atoms with E-state index >= 15 is 0 Å². The molecule has 1 atom stereocenters. The maximum Gasteiger partial charge on any atom is 0.326 e. The van der Waals surface area contributed by atoms with Crippen molar-refractivity contribution in [3.05, 3.63) is 90.5 Å². The fourth-order valence-electron chi connectivity index (χ4n) is 3.04. The molecule has 3 N–H and O–H groups in total. The van der Waals surface area contributed by atoms with Crippen molar-refractivity contribution >= 4 is 19.2 Å². The van der Waals surface area contributed by atoms with E-state index in [1.807, 2.05) is 60.7 Å². The number of para-hydroxylation sites is 1. The smallest absolute Gasteiger partial charge is 0.326 e. The summed E-state index contributed by atoms with van der Waals surface area (Å²) in [5.41, 5.74) is 3.58. The summed E-state index contributed by atoms with van der Waals surface area (Å²) in [6, 6.07) is 26.5. The Morgan fingerprint density at radius 3 is 1.93 bits per heavy atom. The van der Waals surface area contributed by atoms with Crippen molar-refractivity contribution in [3.8, 4) is 11.1 Å². The lowest BCUT2D eigenvalue weighted by Crippen LogP contribution is -2.27. The van der Waals surface area contributed by atoms with Gasteiger partial charge in [0.25, 0.3) is 0 Å². The van der Waals surface area contributed by atoms with E-state index in [1.165, 1.54) is 0 Å². The summed E-state index contributed by atoms with van der Waals surface area (Å²) in [5.74, 6) is -1.23. The molecule has 0 radical (unpaired) electrons. The zero-order valence-electron chi connectivity index (χ0n) is 15.2. The Bertz CT molecular complexity index is 953. The first-order valence-electron chi connectivity index (χ1n) is 8.95. The molecule has 144 valence electrons. The van der Waals surface area contributed by atoms with Gasteiger partial charge in [-0.3, -0.25) is 9.36 Å². The Hall–Kier alpha value is -2.72. The van der Waals surface area contributed by atoms with Gasteiger partial charge in [-0.1, -0.05) is 72.8 Å². The number of nitrogens with one attached hydrogen (secondary N) is 1. The lowest BCUT2D eigenvalue weighted by atomic mass is 9.97. The second kappa shape index (κ2) is 8.98. The van der Waals surface area contributed by atoms with Gasteiger partial charge in [0.2, 0.25) is 5.91 Å². The highest BCUT2D eigenvalue weighted by molar-refractivity contribution is 7.51. The van der Waals surface area contributed by atoms with Gasteiger partial charge in [-0.05, 0) is 35.2 Å². The molecule has 0 spiro atoms. The van der Waals surface area contributed by atoms with E-state index in [-0.39, 0.29) is 6.42 Å². The third-order valence-corrected chi connectivity index (χ3v) is 5.33. The van der Waals surface area contributed by atoms with Crippen LogP contribution in [0.5, 0.6) is 0 Å². The highest BCUT2D eigenvalue weighted by Crippen LogP contribution is 2.38. The lowest BCUT2D eigenvalue weighted by Gasteiger charge is -2.18. The molecule has 3 aromatic rings. The van der Waals surface area contributed by atoms with Crippen molar-refractivity contribution in [2.24, 2.45) is 5.92 Å². The van der Waals surface area contributed by atoms with Crippen LogP contribution in [-0.2, 0) is 15.8 Å². The summed E-state index contributed by atoms with van der Waals surface area (Å²) >= 11 is 0. The highest BCUT2D eigenvalue weighted by Gasteiger charge is 2.28. The van der Waals surface area contributed by atoms with E-state index in [4.69, 9.17) is 0 Å². The Labute approximate surface area is 164 Å². The first kappa shape index (κ1) is 20.0. The molecule has 0 saturated heterocycles. The monoisotopic (exact) mass is 395 g/mol. The Morgan fingerprint density at radius 1 is 0.821 bits per heavy atom. The number of hydrogen-bond acceptors (Lipinski definition) is 2. The molecule has 28 heavy (non-hydrogen) atoms. The zero-order chi connectivity index (χ0) is 20.0. The molecule has 0 aliphatic carbocycles. The van der Waals surface area contributed by atoms with Crippen LogP contribution in [0.4, 0.5) is 5.69 Å². The number of amides is 1. The molecule has 0 heterocycles. The van der Waals surface area contributed by atoms with Crippen molar-refractivity contribution in [3.63, 3.8) is 0 Å². The van der Waals surface area contributed by atoms with Gasteiger partial charge in [-0.25, -0.2) is 0 Å². The van der Waals surface area contributed by atoms with Gasteiger partial charge in [0, 0.05) is 5.69 Å². The summed E-state index contributed by atoms with van der Waals surface area (Å²) < 4.78 is 11.5. The topological polar surface area (TPSA) is 86.6 Å². The van der Waals surface area contributed by atoms with Crippen molar-refractivity contribution in [1.82, 2.24) is 0 Å². The molecule has 0 aliphatic heterocycles. The first-order chi connectivity index (χ1) is 13.4. The van der Waals surface area contributed by atoms with E-state index in [0.29, 0.717) is 5.69 Å². The maximum atomic E-state index is 12.6. The third-order valence-electron chi connectivity index (χ3n) is 4.41. The van der Waals surface area contributed by atoms with Crippen molar-refractivity contribution in [2.75, 3.05) is 11.5 Å². The number of anilines is 1. The van der Waals surface area contributed by atoms with Crippen LogP contribution in [0.15, 0.2) is 84.9 Å². The first-order valence-corrected chi connectivity index (χ1v) is 10.8. The van der Waals surface area contributed by atoms with Crippen molar-refractivity contribution < 1.29 is 19.1 Å². The highest BCUT2D eigenvalue weighted by atomic mass is 31.2. The molecule has 0 fully saturated rings. The summed E-state index contributed by atoms with van der Waals surface area (Å²) in [6.45, 7) is 0. The Kier molecular flexibility index (Phi) is 6.42. The SMILES string of the molecule is O=C(Nc1ccccc1)[C@H](Cc1ccc(-c2ccccc2)cc1)CP(=O)(O)O. The standard InChI is InChI=1S/C22H22NO4P/c24-22(23-21-9-5-2-6-10-21)20(16-28(25,26)27)15-17-11-13-19(14-12-17)18-7-3-1-4-8-18/h1-14,20H,15-16H2,(H,23,24)(H2,25,26,27)/t20-/m1/s1. The molecule has 3 rings (SSSR count). The molecule has 6 heteroatoms. The van der Waals surface area contributed by atoms with E-state index in [1.54, 1.807) is 24.3 Å². The number of carbonyl (C=O) groups excluding carboxylic acids is 1. The molecular weight excluding hydrogens is 373 g/mol. The van der Waals surface area contributed by atoms with E-state index in [9.17, 15) is 19.1 Å². The van der Waals surface area contributed by atoms with Gasteiger partial charge in [0.15, 0.2) is 0 Å². The summed E-state index contributed by atoms with van der Waals surface area (Å²) in [4.78, 5) is 31.4. The summed E-state index contributed by atoms with van der Waals surface area (Å²) in [6.07, 6.45) is -0.245. The molecule has 0 aliphatic rings. The molecule has 0 bridgehead atoms. The van der Waals surface area contributed by atoms with Gasteiger partial charge in [-0.2, -0.15) is 0 Å². The minimum Gasteiger partial charge on any atom is -0.326 e. The zero-order valence-corrected chi connectivity index (χ0v) is 16.1. The largest absolute Gasteiger partial charge is 0.326 e. The second-order valence-electron chi connectivity index (χ2n) is 6.67. The lowest BCUT2D eigenvalue weighted by molar-refractivity contribution is -0.119. The van der Waals surface area contributed by atoms with E-state index < -0.39 is 25.6 Å². The van der Waals surface area contributed by atoms with Gasteiger partial charge in [0.1, 0.15) is 0 Å². The average Bonchev–Trinajstić information content (AvgIpc) is 2.68. The minimum absolute atomic E-state index is 0.249. The van der Waals surface area contributed by atoms with Gasteiger partial charge in [-0.15, -0.1) is 0 Å². The maximum absolute atomic E-state index is 12.6. The summed E-state index contributed by atoms with van der Waals surface area (Å²) in [7, 11) is -4.34. The van der Waals surface area contributed by atoms with Crippen LogP contribution >= 0.6 is 7.60 Å². The quantitative estimate of drug-likeness (QED) is 0.520. The molecule has 3 aromatic carbocycles. The number of rotatable bonds is 7. The fourth-order valence-corrected chi connectivity index (χ4v) is 3.91. The van der Waals surface area contributed by atoms with Gasteiger partial charge < -0.3 is 15.1 Å². The predicted molar refractivity (Wildman–Crippen MR) is 111 cm³/mol. The van der Waals surface area contributed by atoms with Crippen LogP contribution in [0, 0.1) is 5.92 Å². The van der Waals surface area contributed by atoms with Crippen molar-refractivity contribution in [1.29, 1.82) is 0 Å². The Morgan fingerprint density at radius 2 is 1.36 bits per heavy atom. The van der Waals surface area contributed by atoms with E-state index in [0.717, 1.165) is 16.7 Å². The second-order valence-corrected chi connectivity index (χ2v) is 8.36. The van der Waals surface area contributed by atoms with E-state index in [2.05, 4.69) is 5.32 Å². The molecule has 1 amide bonds. The third kappa shape index (κ3) is 5.89. The number of hydrogen-bond donors (Lipinski definition) is 3. The molecule has 0 aromatic heterocycles. The predicted octanol–water partition coefficient (Wildman–Crippen LogP) is 4.33. The van der Waals surface area contributed by atoms with Crippen LogP contribution in [0.3, 0.4) is 0 Å². The molecule has 5 nitrogen and oxygen atoms in total. The van der Waals surface area contributed by atoms with Crippen LogP contribution in [-0.4, -0.2) is 21.9 Å². The van der Waals surface area contributed by atoms with Gasteiger partial charge in [0.05, 0.1) is 12.1 Å². The van der Waals surface area contributed by atoms with Crippen molar-refractivity contribution in [2.45, 2.75) is 6.42 Å².